The second-order valence-corrected chi connectivity index (χ2v) is 4.49. The summed E-state index contributed by atoms with van der Waals surface area (Å²) in [5.74, 6) is 2.07. The van der Waals surface area contributed by atoms with Gasteiger partial charge in [-0.15, -0.1) is 6.42 Å². The zero-order valence-electron chi connectivity index (χ0n) is 11.3. The summed E-state index contributed by atoms with van der Waals surface area (Å²) in [6, 6.07) is 0. The van der Waals surface area contributed by atoms with Crippen LogP contribution in [0.1, 0.15) is 0 Å². The van der Waals surface area contributed by atoms with Gasteiger partial charge in [0.15, 0.2) is 11.9 Å². The number of aromatic nitrogens is 4. The van der Waals surface area contributed by atoms with Crippen molar-refractivity contribution in [2.24, 2.45) is 0 Å². The van der Waals surface area contributed by atoms with Gasteiger partial charge in [0.05, 0.1) is 19.1 Å². The van der Waals surface area contributed by atoms with Crippen LogP contribution in [0.2, 0.25) is 0 Å². The number of hydrogen-bond acceptors (Lipinski definition) is 9. The molecule has 0 aliphatic carbocycles. The van der Waals surface area contributed by atoms with Crippen LogP contribution in [-0.4, -0.2) is 71.1 Å². The van der Waals surface area contributed by atoms with Gasteiger partial charge in [0, 0.05) is 0 Å². The normalized spacial score (nSPS) is 30.6. The Bertz CT molecular complexity index is 686. The minimum absolute atomic E-state index is 0.250. The first kappa shape index (κ1) is 16.1. The summed E-state index contributed by atoms with van der Waals surface area (Å²) in [5.41, 5.74) is 4.59. The first-order valence-electron chi connectivity index (χ1n) is 6.16. The first-order chi connectivity index (χ1) is 10.4. The second kappa shape index (κ2) is 6.22. The molecule has 0 aromatic carbocycles. The van der Waals surface area contributed by atoms with Gasteiger partial charge < -0.3 is 35.9 Å². The Hall–Kier alpha value is -2.29. The molecule has 0 spiro atoms. The maximum Gasteiger partial charge on any atom is 0.222 e. The zero-order valence-corrected chi connectivity index (χ0v) is 11.3. The van der Waals surface area contributed by atoms with Crippen LogP contribution in [0.4, 0.5) is 5.95 Å². The molecule has 2 aromatic rings. The summed E-state index contributed by atoms with van der Waals surface area (Å²) < 4.78 is 4.59. The van der Waals surface area contributed by atoms with Gasteiger partial charge in [-0.2, -0.15) is 4.98 Å². The van der Waals surface area contributed by atoms with Crippen LogP contribution in [0.5, 0.6) is 0 Å². The van der Waals surface area contributed by atoms with Crippen LogP contribution < -0.4 is 5.73 Å². The summed E-state index contributed by atoms with van der Waals surface area (Å²) in [6.07, 6.45) is 3.87. The molecule has 3 rings (SSSR count). The Kier molecular flexibility index (Phi) is 4.55. The maximum atomic E-state index is 9.37. The van der Waals surface area contributed by atoms with Gasteiger partial charge in [-0.05, 0) is 0 Å². The van der Waals surface area contributed by atoms with Crippen LogP contribution in [0, 0.1) is 12.3 Å². The lowest BCUT2D eigenvalue weighted by atomic mass is 9.97. The van der Waals surface area contributed by atoms with Crippen molar-refractivity contribution in [3.63, 3.8) is 0 Å². The maximum absolute atomic E-state index is 9.37. The molecule has 2 aromatic heterocycles. The first-order valence-corrected chi connectivity index (χ1v) is 6.16. The summed E-state index contributed by atoms with van der Waals surface area (Å²) in [7, 11) is 0. The number of terminal acetylenes is 1. The Morgan fingerprint density at radius 1 is 1.45 bits per heavy atom. The highest BCUT2D eigenvalue weighted by molar-refractivity contribution is 5.69. The lowest BCUT2D eigenvalue weighted by Crippen LogP contribution is -2.47. The third-order valence-electron chi connectivity index (χ3n) is 3.09. The SMILES string of the molecule is C#C[C@]1(O)C(O)O[C@H](CO)[C@H]1O.Nc1ncc2[nH]cnc2n1. The molecular formula is C12H15N5O5. The molecule has 7 N–H and O–H groups in total. The van der Waals surface area contributed by atoms with E-state index in [9.17, 15) is 10.2 Å². The van der Waals surface area contributed by atoms with Gasteiger partial charge >= 0.3 is 0 Å². The fourth-order valence-electron chi connectivity index (χ4n) is 1.82. The lowest BCUT2D eigenvalue weighted by molar-refractivity contribution is -0.154. The van der Waals surface area contributed by atoms with E-state index in [1.807, 2.05) is 5.92 Å². The van der Waals surface area contributed by atoms with Gasteiger partial charge in [-0.25, -0.2) is 9.97 Å². The van der Waals surface area contributed by atoms with Crippen molar-refractivity contribution in [3.8, 4) is 12.3 Å². The van der Waals surface area contributed by atoms with Crippen molar-refractivity contribution >= 4 is 17.1 Å². The van der Waals surface area contributed by atoms with Crippen LogP contribution in [0.3, 0.4) is 0 Å². The molecule has 22 heavy (non-hydrogen) atoms. The number of nitrogens with two attached hydrogens (primary N) is 1. The van der Waals surface area contributed by atoms with Crippen molar-refractivity contribution in [3.05, 3.63) is 12.5 Å². The van der Waals surface area contributed by atoms with E-state index in [1.165, 1.54) is 0 Å². The van der Waals surface area contributed by atoms with Crippen molar-refractivity contribution in [2.45, 2.75) is 24.1 Å². The number of nitrogen functional groups attached to an aromatic ring is 1. The number of nitrogens with zero attached hydrogens (tertiary/aromatic N) is 3. The average Bonchev–Trinajstić information content (AvgIpc) is 3.06. The molecule has 1 unspecified atom stereocenters. The monoisotopic (exact) mass is 309 g/mol. The molecule has 0 saturated carbocycles. The van der Waals surface area contributed by atoms with E-state index >= 15 is 0 Å². The molecule has 0 bridgehead atoms. The van der Waals surface area contributed by atoms with E-state index in [2.05, 4.69) is 24.7 Å². The minimum atomic E-state index is -2.12. The van der Waals surface area contributed by atoms with E-state index in [0.29, 0.717) is 5.65 Å². The topological polar surface area (TPSA) is 171 Å². The molecule has 4 atom stereocenters. The zero-order chi connectivity index (χ0) is 16.3. The highest BCUT2D eigenvalue weighted by Gasteiger charge is 2.53. The van der Waals surface area contributed by atoms with E-state index in [4.69, 9.17) is 22.4 Å². The molecule has 0 amide bonds. The fraction of sp³-hybridized carbons (Fsp3) is 0.417. The van der Waals surface area contributed by atoms with Crippen LogP contribution in [0.25, 0.3) is 11.2 Å². The van der Waals surface area contributed by atoms with Crippen LogP contribution in [0.15, 0.2) is 12.5 Å². The molecule has 1 aliphatic heterocycles. The molecule has 1 fully saturated rings. The third kappa shape index (κ3) is 2.84. The minimum Gasteiger partial charge on any atom is -0.394 e. The summed E-state index contributed by atoms with van der Waals surface area (Å²) in [5, 5.41) is 36.2. The Morgan fingerprint density at radius 3 is 2.73 bits per heavy atom. The van der Waals surface area contributed by atoms with E-state index < -0.39 is 30.7 Å². The van der Waals surface area contributed by atoms with Gasteiger partial charge in [-0.3, -0.25) is 0 Å². The Morgan fingerprint density at radius 2 is 2.18 bits per heavy atom. The van der Waals surface area contributed by atoms with Crippen molar-refractivity contribution in [1.29, 1.82) is 0 Å². The average molecular weight is 309 g/mol. The third-order valence-corrected chi connectivity index (χ3v) is 3.09. The molecular weight excluding hydrogens is 294 g/mol. The number of aromatic amines is 1. The predicted octanol–water partition coefficient (Wildman–Crippen LogP) is -2.64. The molecule has 0 radical (unpaired) electrons. The van der Waals surface area contributed by atoms with Crippen LogP contribution in [-0.2, 0) is 4.74 Å². The summed E-state index contributed by atoms with van der Waals surface area (Å²) in [4.78, 5) is 14.4. The van der Waals surface area contributed by atoms with E-state index in [0.717, 1.165) is 5.52 Å². The van der Waals surface area contributed by atoms with Crippen molar-refractivity contribution in [1.82, 2.24) is 19.9 Å². The number of H-pyrrole nitrogens is 1. The number of rotatable bonds is 1. The second-order valence-electron chi connectivity index (χ2n) is 4.49. The van der Waals surface area contributed by atoms with Crippen molar-refractivity contribution in [2.75, 3.05) is 12.3 Å². The fourth-order valence-corrected chi connectivity index (χ4v) is 1.82. The predicted molar refractivity (Wildman–Crippen MR) is 73.9 cm³/mol. The number of aliphatic hydroxyl groups is 4. The standard InChI is InChI=1S/C7H10O5.C5H5N5/c1-2-7(11)5(9)4(3-8)12-6(7)10;6-5-7-1-3-4(10-5)9-2-8-3/h1,4-6,8-11H,3H2;1-2H,(H3,6,7,8,9,10)/t4-,5-,6?,7-;/m1./s1. The quantitative estimate of drug-likeness (QED) is 0.308. The molecule has 10 nitrogen and oxygen atoms in total. The highest BCUT2D eigenvalue weighted by Crippen LogP contribution is 2.28. The van der Waals surface area contributed by atoms with Gasteiger partial charge in [0.25, 0.3) is 0 Å². The Balaban J connectivity index is 0.000000162. The van der Waals surface area contributed by atoms with Gasteiger partial charge in [-0.1, -0.05) is 5.92 Å². The number of aliphatic hydroxyl groups excluding tert-OH is 3. The van der Waals surface area contributed by atoms with E-state index in [-0.39, 0.29) is 5.95 Å². The number of anilines is 1. The number of hydrogen-bond donors (Lipinski definition) is 6. The summed E-state index contributed by atoms with van der Waals surface area (Å²) >= 11 is 0. The summed E-state index contributed by atoms with van der Waals surface area (Å²) in [6.45, 7) is -0.512. The van der Waals surface area contributed by atoms with Gasteiger partial charge in [0.1, 0.15) is 17.7 Å². The molecule has 3 heterocycles. The van der Waals surface area contributed by atoms with E-state index in [1.54, 1.807) is 12.5 Å². The Labute approximate surface area is 124 Å². The number of ether oxygens (including phenoxy) is 1. The highest BCUT2D eigenvalue weighted by atomic mass is 16.7. The number of fused-ring (bicyclic) bond motifs is 1. The molecule has 1 aliphatic rings. The molecule has 118 valence electrons. The number of nitrogens with one attached hydrogen (secondary N) is 1. The van der Waals surface area contributed by atoms with Crippen molar-refractivity contribution < 1.29 is 25.2 Å². The largest absolute Gasteiger partial charge is 0.394 e. The molecule has 1 saturated heterocycles. The lowest BCUT2D eigenvalue weighted by Gasteiger charge is -2.21. The van der Waals surface area contributed by atoms with Crippen LogP contribution >= 0.6 is 0 Å². The van der Waals surface area contributed by atoms with Gasteiger partial charge in [0.2, 0.25) is 11.5 Å². The molecule has 10 heteroatoms. The smallest absolute Gasteiger partial charge is 0.222 e. The number of imidazole rings is 1.